The van der Waals surface area contributed by atoms with Gasteiger partial charge < -0.3 is 4.90 Å². The second-order valence-corrected chi connectivity index (χ2v) is 2.24. The molecule has 3 nitrogen and oxygen atoms in total. The lowest BCUT2D eigenvalue weighted by molar-refractivity contribution is 0.204. The van der Waals surface area contributed by atoms with Crippen molar-refractivity contribution in [1.29, 1.82) is 0 Å². The van der Waals surface area contributed by atoms with Crippen LogP contribution in [-0.4, -0.2) is 35.5 Å². The van der Waals surface area contributed by atoms with E-state index in [1.54, 1.807) is 16.0 Å². The van der Waals surface area contributed by atoms with Crippen LogP contribution in [0.1, 0.15) is 6.92 Å². The lowest BCUT2D eigenvalue weighted by Gasteiger charge is -2.12. The Morgan fingerprint density at radius 2 is 2.40 bits per heavy atom. The van der Waals surface area contributed by atoms with Crippen LogP contribution in [0.3, 0.4) is 0 Å². The lowest BCUT2D eigenvalue weighted by atomic mass is 10.6. The molecule has 1 fully saturated rings. The number of hydrogen-bond acceptors (Lipinski definition) is 1. The van der Waals surface area contributed by atoms with Crippen molar-refractivity contribution in [3.8, 4) is 0 Å². The van der Waals surface area contributed by atoms with Crippen LogP contribution in [-0.2, 0) is 0 Å². The normalized spacial score (nSPS) is 18.3. The van der Waals surface area contributed by atoms with Crippen molar-refractivity contribution in [2.24, 2.45) is 0 Å². The van der Waals surface area contributed by atoms with Crippen LogP contribution in [0.5, 0.6) is 0 Å². The summed E-state index contributed by atoms with van der Waals surface area (Å²) in [4.78, 5) is 14.6. The number of nitrogens with zero attached hydrogens (tertiary/aromatic N) is 2. The summed E-state index contributed by atoms with van der Waals surface area (Å²) in [6, 6.07) is 0.0810. The summed E-state index contributed by atoms with van der Waals surface area (Å²) in [7, 11) is 0. The fourth-order valence-corrected chi connectivity index (χ4v) is 1.06. The van der Waals surface area contributed by atoms with Crippen molar-refractivity contribution in [3.05, 3.63) is 12.8 Å². The molecule has 1 aliphatic rings. The molecule has 0 bridgehead atoms. The second kappa shape index (κ2) is 2.73. The molecule has 0 aromatic rings. The highest BCUT2D eigenvalue weighted by molar-refractivity contribution is 5.77. The maximum atomic E-state index is 11.1. The topological polar surface area (TPSA) is 23.6 Å². The molecule has 1 aliphatic heterocycles. The highest BCUT2D eigenvalue weighted by atomic mass is 16.2. The zero-order valence-electron chi connectivity index (χ0n) is 6.21. The number of likely N-dealkylation sites (N-methyl/N-ethyl adjacent to an activating group) is 1. The molecular weight excluding hydrogens is 128 g/mol. The van der Waals surface area contributed by atoms with E-state index in [1.807, 2.05) is 6.92 Å². The van der Waals surface area contributed by atoms with Gasteiger partial charge in [0.05, 0.1) is 0 Å². The fraction of sp³-hybridized carbons (Fsp3) is 0.571. The summed E-state index contributed by atoms with van der Waals surface area (Å²) in [6.45, 7) is 7.93. The van der Waals surface area contributed by atoms with Crippen LogP contribution < -0.4 is 0 Å². The Morgan fingerprint density at radius 3 is 2.70 bits per heavy atom. The molecule has 0 saturated carbocycles. The number of rotatable bonds is 2. The predicted octanol–water partition coefficient (Wildman–Crippen LogP) is 0.887. The highest BCUT2D eigenvalue weighted by Gasteiger charge is 2.24. The number of urea groups is 1. The monoisotopic (exact) mass is 140 g/mol. The summed E-state index contributed by atoms with van der Waals surface area (Å²) in [5.74, 6) is 0. The van der Waals surface area contributed by atoms with Gasteiger partial charge in [0, 0.05) is 25.8 Å². The van der Waals surface area contributed by atoms with E-state index in [9.17, 15) is 4.79 Å². The Kier molecular flexibility index (Phi) is 1.94. The Bertz CT molecular complexity index is 156. The van der Waals surface area contributed by atoms with Gasteiger partial charge in [-0.15, -0.1) is 0 Å². The minimum absolute atomic E-state index is 0.0810. The van der Waals surface area contributed by atoms with Gasteiger partial charge in [-0.3, -0.25) is 4.90 Å². The molecule has 0 atom stereocenters. The van der Waals surface area contributed by atoms with E-state index in [-0.39, 0.29) is 6.03 Å². The van der Waals surface area contributed by atoms with Gasteiger partial charge in [-0.1, -0.05) is 6.58 Å². The standard InChI is InChI=1S/C7H12N2O/c1-3-8-5-6-9(4-2)7(8)10/h3H,1,4-6H2,2H3. The Morgan fingerprint density at radius 1 is 1.70 bits per heavy atom. The summed E-state index contributed by atoms with van der Waals surface area (Å²) in [5, 5.41) is 0. The summed E-state index contributed by atoms with van der Waals surface area (Å²) < 4.78 is 0. The van der Waals surface area contributed by atoms with E-state index in [4.69, 9.17) is 0 Å². The van der Waals surface area contributed by atoms with Gasteiger partial charge in [-0.2, -0.15) is 0 Å². The zero-order chi connectivity index (χ0) is 7.56. The smallest absolute Gasteiger partial charge is 0.323 e. The minimum atomic E-state index is 0.0810. The number of amides is 2. The summed E-state index contributed by atoms with van der Waals surface area (Å²) in [5.41, 5.74) is 0. The molecular formula is C7H12N2O. The first kappa shape index (κ1) is 7.12. The first-order chi connectivity index (χ1) is 4.79. The molecule has 1 rings (SSSR count). The van der Waals surface area contributed by atoms with Crippen molar-refractivity contribution in [3.63, 3.8) is 0 Å². The van der Waals surface area contributed by atoms with Gasteiger partial charge in [0.1, 0.15) is 0 Å². The quantitative estimate of drug-likeness (QED) is 0.558. The maximum absolute atomic E-state index is 11.1. The SMILES string of the molecule is C=CN1CCN(CC)C1=O. The third-order valence-electron chi connectivity index (χ3n) is 1.73. The molecule has 0 spiro atoms. The van der Waals surface area contributed by atoms with E-state index < -0.39 is 0 Å². The van der Waals surface area contributed by atoms with Crippen LogP contribution in [0.25, 0.3) is 0 Å². The molecule has 0 aromatic carbocycles. The molecule has 0 aliphatic carbocycles. The van der Waals surface area contributed by atoms with Crippen molar-refractivity contribution >= 4 is 6.03 Å². The molecule has 0 radical (unpaired) electrons. The van der Waals surface area contributed by atoms with E-state index in [2.05, 4.69) is 6.58 Å². The largest absolute Gasteiger partial charge is 0.324 e. The second-order valence-electron chi connectivity index (χ2n) is 2.24. The molecule has 56 valence electrons. The van der Waals surface area contributed by atoms with Gasteiger partial charge in [0.2, 0.25) is 0 Å². The first-order valence-corrected chi connectivity index (χ1v) is 3.47. The van der Waals surface area contributed by atoms with Crippen molar-refractivity contribution < 1.29 is 4.79 Å². The van der Waals surface area contributed by atoms with Gasteiger partial charge in [0.25, 0.3) is 0 Å². The summed E-state index contributed by atoms with van der Waals surface area (Å²) in [6.07, 6.45) is 1.58. The first-order valence-electron chi connectivity index (χ1n) is 3.47. The van der Waals surface area contributed by atoms with Crippen LogP contribution in [0.4, 0.5) is 4.79 Å². The van der Waals surface area contributed by atoms with E-state index in [1.165, 1.54) is 0 Å². The average Bonchev–Trinajstić information content (AvgIpc) is 2.30. The van der Waals surface area contributed by atoms with Gasteiger partial charge in [-0.05, 0) is 6.92 Å². The van der Waals surface area contributed by atoms with Gasteiger partial charge in [0.15, 0.2) is 0 Å². The Balaban J connectivity index is 2.57. The van der Waals surface area contributed by atoms with Crippen LogP contribution in [0, 0.1) is 0 Å². The molecule has 3 heteroatoms. The van der Waals surface area contributed by atoms with E-state index in [0.29, 0.717) is 0 Å². The minimum Gasteiger partial charge on any atom is -0.323 e. The number of hydrogen-bond donors (Lipinski definition) is 0. The zero-order valence-corrected chi connectivity index (χ0v) is 6.21. The average molecular weight is 140 g/mol. The van der Waals surface area contributed by atoms with Crippen molar-refractivity contribution in [2.75, 3.05) is 19.6 Å². The molecule has 0 unspecified atom stereocenters. The molecule has 0 aromatic heterocycles. The van der Waals surface area contributed by atoms with Crippen LogP contribution in [0.2, 0.25) is 0 Å². The van der Waals surface area contributed by atoms with E-state index in [0.717, 1.165) is 19.6 Å². The lowest BCUT2D eigenvalue weighted by Crippen LogP contribution is -2.28. The van der Waals surface area contributed by atoms with Crippen molar-refractivity contribution in [1.82, 2.24) is 9.80 Å². The number of carbonyl (C=O) groups excluding carboxylic acids is 1. The number of carbonyl (C=O) groups is 1. The predicted molar refractivity (Wildman–Crippen MR) is 39.5 cm³/mol. The van der Waals surface area contributed by atoms with Gasteiger partial charge >= 0.3 is 6.03 Å². The molecule has 1 heterocycles. The Labute approximate surface area is 60.9 Å². The third-order valence-corrected chi connectivity index (χ3v) is 1.73. The van der Waals surface area contributed by atoms with E-state index >= 15 is 0 Å². The van der Waals surface area contributed by atoms with Crippen LogP contribution in [0.15, 0.2) is 12.8 Å². The fourth-order valence-electron chi connectivity index (χ4n) is 1.06. The highest BCUT2D eigenvalue weighted by Crippen LogP contribution is 2.06. The molecule has 1 saturated heterocycles. The van der Waals surface area contributed by atoms with Crippen LogP contribution >= 0.6 is 0 Å². The van der Waals surface area contributed by atoms with Gasteiger partial charge in [-0.25, -0.2) is 4.79 Å². The van der Waals surface area contributed by atoms with Crippen molar-refractivity contribution in [2.45, 2.75) is 6.92 Å². The Hall–Kier alpha value is -0.990. The maximum Gasteiger partial charge on any atom is 0.324 e. The molecule has 0 N–H and O–H groups in total. The molecule has 2 amide bonds. The summed E-state index contributed by atoms with van der Waals surface area (Å²) >= 11 is 0. The molecule has 10 heavy (non-hydrogen) atoms. The third kappa shape index (κ3) is 0.988.